The Morgan fingerprint density at radius 3 is 2.33 bits per heavy atom. The Morgan fingerprint density at radius 2 is 1.70 bits per heavy atom. The molecule has 0 unspecified atom stereocenters. The number of aromatic nitrogens is 1. The lowest BCUT2D eigenvalue weighted by molar-refractivity contribution is -0.146. The number of piperazine rings is 1. The van der Waals surface area contributed by atoms with Crippen LogP contribution in [0.3, 0.4) is 0 Å². The van der Waals surface area contributed by atoms with E-state index < -0.39 is 0 Å². The van der Waals surface area contributed by atoms with Gasteiger partial charge in [0, 0.05) is 45.2 Å². The number of amides is 4. The molecule has 27 heavy (non-hydrogen) atoms. The Labute approximate surface area is 156 Å². The van der Waals surface area contributed by atoms with E-state index in [9.17, 15) is 19.2 Å². The maximum Gasteiger partial charge on any atom is 0.259 e. The first-order chi connectivity index (χ1) is 13.0. The van der Waals surface area contributed by atoms with Gasteiger partial charge >= 0.3 is 0 Å². The molecule has 0 radical (unpaired) electrons. The zero-order chi connectivity index (χ0) is 19.4. The van der Waals surface area contributed by atoms with Gasteiger partial charge in [-0.3, -0.25) is 24.1 Å². The van der Waals surface area contributed by atoms with Crippen molar-refractivity contribution in [3.05, 3.63) is 23.9 Å². The summed E-state index contributed by atoms with van der Waals surface area (Å²) in [6, 6.07) is 3.35. The van der Waals surface area contributed by atoms with Crippen molar-refractivity contribution in [2.45, 2.75) is 19.8 Å². The van der Waals surface area contributed by atoms with Crippen LogP contribution in [0.4, 0.5) is 0 Å². The van der Waals surface area contributed by atoms with Crippen molar-refractivity contribution in [3.8, 4) is 5.88 Å². The number of nitrogens with zero attached hydrogens (tertiary/aromatic N) is 4. The summed E-state index contributed by atoms with van der Waals surface area (Å²) in [7, 11) is 0. The van der Waals surface area contributed by atoms with Gasteiger partial charge in [-0.05, 0) is 19.1 Å². The smallest absolute Gasteiger partial charge is 0.259 e. The first-order valence-corrected chi connectivity index (χ1v) is 8.99. The van der Waals surface area contributed by atoms with E-state index in [4.69, 9.17) is 4.74 Å². The molecule has 2 aliphatic heterocycles. The normalized spacial score (nSPS) is 17.4. The largest absolute Gasteiger partial charge is 0.477 e. The van der Waals surface area contributed by atoms with E-state index >= 15 is 0 Å². The average molecular weight is 374 g/mol. The van der Waals surface area contributed by atoms with Gasteiger partial charge in [0.25, 0.3) is 5.91 Å². The van der Waals surface area contributed by atoms with E-state index in [0.717, 1.165) is 4.90 Å². The number of hydrogen-bond acceptors (Lipinski definition) is 6. The summed E-state index contributed by atoms with van der Waals surface area (Å²) in [6.07, 6.45) is 1.91. The molecule has 0 spiro atoms. The maximum absolute atomic E-state index is 12.7. The summed E-state index contributed by atoms with van der Waals surface area (Å²) in [5.74, 6) is -0.774. The fourth-order valence-corrected chi connectivity index (χ4v) is 3.17. The van der Waals surface area contributed by atoms with Gasteiger partial charge in [-0.2, -0.15) is 0 Å². The topological polar surface area (TPSA) is 100 Å². The molecular formula is C18H22N4O5. The molecule has 144 valence electrons. The highest BCUT2D eigenvalue weighted by Gasteiger charge is 2.33. The number of ether oxygens (including phenoxy) is 1. The maximum atomic E-state index is 12.7. The molecule has 2 fully saturated rings. The third-order valence-electron chi connectivity index (χ3n) is 4.65. The molecule has 2 saturated heterocycles. The van der Waals surface area contributed by atoms with Gasteiger partial charge in [0.2, 0.25) is 23.6 Å². The number of pyridine rings is 1. The zero-order valence-corrected chi connectivity index (χ0v) is 15.2. The molecule has 0 aromatic carbocycles. The fraction of sp³-hybridized carbons (Fsp3) is 0.500. The Balaban J connectivity index is 1.57. The second-order valence-corrected chi connectivity index (χ2v) is 6.34. The molecule has 1 aromatic heterocycles. The van der Waals surface area contributed by atoms with Crippen LogP contribution in [0.1, 0.15) is 30.1 Å². The van der Waals surface area contributed by atoms with Crippen LogP contribution in [0.15, 0.2) is 18.3 Å². The third kappa shape index (κ3) is 4.07. The summed E-state index contributed by atoms with van der Waals surface area (Å²) in [4.78, 5) is 56.8. The first kappa shape index (κ1) is 18.8. The third-order valence-corrected chi connectivity index (χ3v) is 4.65. The van der Waals surface area contributed by atoms with Crippen molar-refractivity contribution in [2.24, 2.45) is 0 Å². The second kappa shape index (κ2) is 8.15. The van der Waals surface area contributed by atoms with Gasteiger partial charge in [-0.25, -0.2) is 4.98 Å². The van der Waals surface area contributed by atoms with Crippen LogP contribution < -0.4 is 4.74 Å². The molecule has 4 amide bonds. The lowest BCUT2D eigenvalue weighted by atomic mass is 10.2. The van der Waals surface area contributed by atoms with Crippen molar-refractivity contribution < 1.29 is 23.9 Å². The van der Waals surface area contributed by atoms with E-state index in [1.807, 2.05) is 6.92 Å². The van der Waals surface area contributed by atoms with Crippen LogP contribution in [-0.2, 0) is 14.4 Å². The molecule has 0 atom stereocenters. The highest BCUT2D eigenvalue weighted by molar-refractivity contribution is 6.04. The highest BCUT2D eigenvalue weighted by atomic mass is 16.5. The molecule has 0 saturated carbocycles. The van der Waals surface area contributed by atoms with Crippen LogP contribution in [0.5, 0.6) is 5.88 Å². The van der Waals surface area contributed by atoms with Gasteiger partial charge in [0.05, 0.1) is 6.61 Å². The number of likely N-dealkylation sites (tertiary alicyclic amines) is 1. The number of hydrogen-bond donors (Lipinski definition) is 0. The predicted octanol–water partition coefficient (Wildman–Crippen LogP) is -0.0863. The minimum absolute atomic E-state index is 0.168. The fourth-order valence-electron chi connectivity index (χ4n) is 3.17. The highest BCUT2D eigenvalue weighted by Crippen LogP contribution is 2.18. The Morgan fingerprint density at radius 1 is 1.07 bits per heavy atom. The molecule has 9 nitrogen and oxygen atoms in total. The lowest BCUT2D eigenvalue weighted by Crippen LogP contribution is -2.53. The number of carbonyl (C=O) groups is 4. The van der Waals surface area contributed by atoms with E-state index in [2.05, 4.69) is 4.98 Å². The van der Waals surface area contributed by atoms with Gasteiger partial charge in [0.1, 0.15) is 12.1 Å². The van der Waals surface area contributed by atoms with Crippen molar-refractivity contribution in [1.82, 2.24) is 19.7 Å². The second-order valence-electron chi connectivity index (χ2n) is 6.34. The van der Waals surface area contributed by atoms with Crippen molar-refractivity contribution >= 4 is 23.6 Å². The molecule has 3 rings (SSSR count). The standard InChI is InChI=1S/C18H22N4O5/c1-2-27-17-13(4-3-7-19-17)18(26)21-10-8-20(9-11-21)16(25)12-22-14(23)5-6-15(22)24/h3-4,7H,2,5-6,8-12H2,1H3. The molecule has 1 aromatic rings. The van der Waals surface area contributed by atoms with Crippen molar-refractivity contribution in [1.29, 1.82) is 0 Å². The van der Waals surface area contributed by atoms with Crippen LogP contribution in [0.25, 0.3) is 0 Å². The van der Waals surface area contributed by atoms with Crippen LogP contribution in [0.2, 0.25) is 0 Å². The van der Waals surface area contributed by atoms with E-state index in [0.29, 0.717) is 44.2 Å². The van der Waals surface area contributed by atoms with Crippen LogP contribution >= 0.6 is 0 Å². The van der Waals surface area contributed by atoms with Crippen molar-refractivity contribution in [2.75, 3.05) is 39.3 Å². The molecule has 0 aliphatic carbocycles. The number of rotatable bonds is 5. The summed E-state index contributed by atoms with van der Waals surface area (Å²) in [5, 5.41) is 0. The Kier molecular flexibility index (Phi) is 5.68. The molecule has 0 bridgehead atoms. The van der Waals surface area contributed by atoms with E-state index in [1.165, 1.54) is 0 Å². The molecule has 3 heterocycles. The quantitative estimate of drug-likeness (QED) is 0.668. The minimum Gasteiger partial charge on any atom is -0.477 e. The Hall–Kier alpha value is -2.97. The van der Waals surface area contributed by atoms with E-state index in [1.54, 1.807) is 28.1 Å². The van der Waals surface area contributed by atoms with Gasteiger partial charge < -0.3 is 14.5 Å². The molecule has 0 N–H and O–H groups in total. The number of imide groups is 1. The summed E-state index contributed by atoms with van der Waals surface area (Å²) < 4.78 is 5.41. The molecule has 9 heteroatoms. The molecule has 2 aliphatic rings. The monoisotopic (exact) mass is 374 g/mol. The van der Waals surface area contributed by atoms with E-state index in [-0.39, 0.29) is 43.0 Å². The van der Waals surface area contributed by atoms with Gasteiger partial charge in [-0.1, -0.05) is 0 Å². The predicted molar refractivity (Wildman–Crippen MR) is 93.8 cm³/mol. The lowest BCUT2D eigenvalue weighted by Gasteiger charge is -2.35. The summed E-state index contributed by atoms with van der Waals surface area (Å²) in [5.41, 5.74) is 0.396. The first-order valence-electron chi connectivity index (χ1n) is 8.99. The number of carbonyl (C=O) groups excluding carboxylic acids is 4. The Bertz CT molecular complexity index is 742. The van der Waals surface area contributed by atoms with Crippen LogP contribution in [-0.4, -0.2) is 82.6 Å². The molecular weight excluding hydrogens is 352 g/mol. The van der Waals surface area contributed by atoms with Gasteiger partial charge in [0.15, 0.2) is 0 Å². The summed E-state index contributed by atoms with van der Waals surface area (Å²) >= 11 is 0. The summed E-state index contributed by atoms with van der Waals surface area (Å²) in [6.45, 7) is 3.45. The average Bonchev–Trinajstić information content (AvgIpc) is 3.00. The SMILES string of the molecule is CCOc1ncccc1C(=O)N1CCN(C(=O)CN2C(=O)CCC2=O)CC1. The minimum atomic E-state index is -0.304. The zero-order valence-electron chi connectivity index (χ0n) is 15.2. The van der Waals surface area contributed by atoms with Crippen molar-refractivity contribution in [3.63, 3.8) is 0 Å². The van der Waals surface area contributed by atoms with Crippen LogP contribution in [0, 0.1) is 0 Å². The van der Waals surface area contributed by atoms with Gasteiger partial charge in [-0.15, -0.1) is 0 Å².